The van der Waals surface area contributed by atoms with E-state index in [1.54, 1.807) is 6.07 Å². The lowest BCUT2D eigenvalue weighted by atomic mass is 9.68. The second kappa shape index (κ2) is 3.85. The van der Waals surface area contributed by atoms with Crippen molar-refractivity contribution in [2.45, 2.75) is 24.4 Å². The van der Waals surface area contributed by atoms with E-state index >= 15 is 0 Å². The number of halogens is 2. The van der Waals surface area contributed by atoms with Gasteiger partial charge in [0.05, 0.1) is 16.7 Å². The molecule has 1 aliphatic rings. The van der Waals surface area contributed by atoms with Crippen LogP contribution in [0.2, 0.25) is 0 Å². The summed E-state index contributed by atoms with van der Waals surface area (Å²) in [5.41, 5.74) is -0.0670. The van der Waals surface area contributed by atoms with Crippen molar-refractivity contribution in [2.24, 2.45) is 0 Å². The van der Waals surface area contributed by atoms with Crippen LogP contribution in [-0.2, 0) is 0 Å². The summed E-state index contributed by atoms with van der Waals surface area (Å²) in [6.07, 6.45) is 1.01. The third-order valence-electron chi connectivity index (χ3n) is 2.96. The summed E-state index contributed by atoms with van der Waals surface area (Å²) in [6, 6.07) is 4.99. The Morgan fingerprint density at radius 3 is 2.67 bits per heavy atom. The van der Waals surface area contributed by atoms with Gasteiger partial charge >= 0.3 is 0 Å². The highest BCUT2D eigenvalue weighted by molar-refractivity contribution is 9.10. The third-order valence-corrected chi connectivity index (χ3v) is 3.61. The molecule has 0 aromatic heterocycles. The van der Waals surface area contributed by atoms with Crippen LogP contribution in [0.15, 0.2) is 22.7 Å². The first kappa shape index (κ1) is 11.0. The summed E-state index contributed by atoms with van der Waals surface area (Å²) >= 11 is 3.09. The first-order chi connectivity index (χ1) is 7.04. The minimum absolute atomic E-state index is 0.157. The van der Waals surface area contributed by atoms with E-state index in [1.807, 2.05) is 6.07 Å². The van der Waals surface area contributed by atoms with Crippen LogP contribution >= 0.6 is 15.9 Å². The maximum atomic E-state index is 13.2. The van der Waals surface area contributed by atoms with Gasteiger partial charge in [-0.25, -0.2) is 4.39 Å². The molecule has 82 valence electrons. The van der Waals surface area contributed by atoms with Gasteiger partial charge in [0.1, 0.15) is 5.82 Å². The average Bonchev–Trinajstić information content (AvgIpc) is 2.18. The van der Waals surface area contributed by atoms with Crippen LogP contribution in [-0.4, -0.2) is 22.4 Å². The summed E-state index contributed by atoms with van der Waals surface area (Å²) < 4.78 is 13.7. The van der Waals surface area contributed by atoms with E-state index in [0.29, 0.717) is 17.3 Å². The SMILES string of the molecule is OCC1(O)CC(c2ccc(Br)c(F)c2)C1. The Balaban J connectivity index is 2.10. The zero-order valence-corrected chi connectivity index (χ0v) is 9.67. The van der Waals surface area contributed by atoms with Crippen LogP contribution in [0.5, 0.6) is 0 Å². The van der Waals surface area contributed by atoms with Gasteiger partial charge in [-0.1, -0.05) is 6.07 Å². The van der Waals surface area contributed by atoms with E-state index in [9.17, 15) is 9.50 Å². The molecule has 0 unspecified atom stereocenters. The summed E-state index contributed by atoms with van der Waals surface area (Å²) in [5, 5.41) is 18.5. The molecular formula is C11H12BrFO2. The van der Waals surface area contributed by atoms with Crippen LogP contribution < -0.4 is 0 Å². The molecule has 0 radical (unpaired) electrons. The van der Waals surface area contributed by atoms with Gasteiger partial charge in [0.25, 0.3) is 0 Å². The summed E-state index contributed by atoms with van der Waals surface area (Å²) in [5.74, 6) is -0.128. The predicted molar refractivity (Wildman–Crippen MR) is 58.1 cm³/mol. The monoisotopic (exact) mass is 274 g/mol. The van der Waals surface area contributed by atoms with Crippen LogP contribution in [0.25, 0.3) is 0 Å². The predicted octanol–water partition coefficient (Wildman–Crippen LogP) is 2.19. The molecule has 2 N–H and O–H groups in total. The first-order valence-electron chi connectivity index (χ1n) is 4.82. The number of rotatable bonds is 2. The van der Waals surface area contributed by atoms with Crippen molar-refractivity contribution in [1.29, 1.82) is 0 Å². The third kappa shape index (κ3) is 2.07. The highest BCUT2D eigenvalue weighted by Crippen LogP contribution is 2.44. The number of hydrogen-bond donors (Lipinski definition) is 2. The molecule has 1 fully saturated rings. The van der Waals surface area contributed by atoms with Crippen molar-refractivity contribution in [3.05, 3.63) is 34.1 Å². The number of hydrogen-bond acceptors (Lipinski definition) is 2. The molecule has 2 nitrogen and oxygen atoms in total. The van der Waals surface area contributed by atoms with Crippen molar-refractivity contribution in [2.75, 3.05) is 6.61 Å². The van der Waals surface area contributed by atoms with E-state index in [2.05, 4.69) is 15.9 Å². The van der Waals surface area contributed by atoms with Crippen molar-refractivity contribution < 1.29 is 14.6 Å². The Hall–Kier alpha value is -0.450. The standard InChI is InChI=1S/C11H12BrFO2/c12-9-2-1-7(3-10(9)13)8-4-11(15,5-8)6-14/h1-3,8,14-15H,4-6H2. The van der Waals surface area contributed by atoms with Gasteiger partial charge in [0.15, 0.2) is 0 Å². The minimum Gasteiger partial charge on any atom is -0.393 e. The highest BCUT2D eigenvalue weighted by atomic mass is 79.9. The Morgan fingerprint density at radius 1 is 1.47 bits per heavy atom. The fourth-order valence-electron chi connectivity index (χ4n) is 1.99. The number of aliphatic hydroxyl groups is 2. The lowest BCUT2D eigenvalue weighted by Crippen LogP contribution is -2.45. The molecule has 1 aromatic carbocycles. The van der Waals surface area contributed by atoms with Gasteiger partial charge in [-0.3, -0.25) is 0 Å². The Morgan fingerprint density at radius 2 is 2.13 bits per heavy atom. The molecule has 2 rings (SSSR count). The van der Waals surface area contributed by atoms with E-state index in [0.717, 1.165) is 5.56 Å². The van der Waals surface area contributed by atoms with E-state index in [-0.39, 0.29) is 18.3 Å². The second-order valence-corrected chi connectivity index (χ2v) is 5.02. The minimum atomic E-state index is -0.950. The van der Waals surface area contributed by atoms with Crippen LogP contribution in [0.3, 0.4) is 0 Å². The van der Waals surface area contributed by atoms with E-state index in [4.69, 9.17) is 5.11 Å². The van der Waals surface area contributed by atoms with Gasteiger partial charge in [-0.05, 0) is 52.4 Å². The zero-order chi connectivity index (χ0) is 11.1. The molecule has 1 aliphatic carbocycles. The molecule has 0 bridgehead atoms. The van der Waals surface area contributed by atoms with E-state index < -0.39 is 5.60 Å². The molecular weight excluding hydrogens is 263 g/mol. The van der Waals surface area contributed by atoms with Crippen LogP contribution in [0.4, 0.5) is 4.39 Å². The average molecular weight is 275 g/mol. The maximum absolute atomic E-state index is 13.2. The van der Waals surface area contributed by atoms with Gasteiger partial charge in [-0.15, -0.1) is 0 Å². The maximum Gasteiger partial charge on any atom is 0.137 e. The van der Waals surface area contributed by atoms with E-state index in [1.165, 1.54) is 6.07 Å². The molecule has 0 spiro atoms. The zero-order valence-electron chi connectivity index (χ0n) is 8.08. The number of benzene rings is 1. The van der Waals surface area contributed by atoms with Gasteiger partial charge in [0.2, 0.25) is 0 Å². The number of aliphatic hydroxyl groups excluding tert-OH is 1. The topological polar surface area (TPSA) is 40.5 Å². The lowest BCUT2D eigenvalue weighted by molar-refractivity contribution is -0.0867. The van der Waals surface area contributed by atoms with Gasteiger partial charge in [0, 0.05) is 0 Å². The Labute approximate surface area is 95.9 Å². The van der Waals surface area contributed by atoms with Gasteiger partial charge < -0.3 is 10.2 Å². The van der Waals surface area contributed by atoms with Crippen molar-refractivity contribution in [3.8, 4) is 0 Å². The Bertz CT molecular complexity index is 375. The lowest BCUT2D eigenvalue weighted by Gasteiger charge is -2.42. The molecule has 0 heterocycles. The summed E-state index contributed by atoms with van der Waals surface area (Å²) in [7, 11) is 0. The van der Waals surface area contributed by atoms with Crippen molar-refractivity contribution >= 4 is 15.9 Å². The molecule has 1 aromatic rings. The van der Waals surface area contributed by atoms with Crippen molar-refractivity contribution in [1.82, 2.24) is 0 Å². The quantitative estimate of drug-likeness (QED) is 0.868. The highest BCUT2D eigenvalue weighted by Gasteiger charge is 2.42. The van der Waals surface area contributed by atoms with Crippen molar-refractivity contribution in [3.63, 3.8) is 0 Å². The molecule has 0 atom stereocenters. The Kier molecular flexibility index (Phi) is 2.83. The molecule has 15 heavy (non-hydrogen) atoms. The summed E-state index contributed by atoms with van der Waals surface area (Å²) in [6.45, 7) is -0.220. The van der Waals surface area contributed by atoms with Crippen LogP contribution in [0.1, 0.15) is 24.3 Å². The molecule has 0 aliphatic heterocycles. The molecule has 4 heteroatoms. The van der Waals surface area contributed by atoms with Crippen LogP contribution in [0, 0.1) is 5.82 Å². The smallest absolute Gasteiger partial charge is 0.137 e. The second-order valence-electron chi connectivity index (χ2n) is 4.16. The largest absolute Gasteiger partial charge is 0.393 e. The molecule has 0 amide bonds. The summed E-state index contributed by atoms with van der Waals surface area (Å²) in [4.78, 5) is 0. The molecule has 1 saturated carbocycles. The fraction of sp³-hybridized carbons (Fsp3) is 0.455. The van der Waals surface area contributed by atoms with Gasteiger partial charge in [-0.2, -0.15) is 0 Å². The fourth-order valence-corrected chi connectivity index (χ4v) is 2.24. The molecule has 0 saturated heterocycles. The first-order valence-corrected chi connectivity index (χ1v) is 5.61. The normalized spacial score (nSPS) is 30.0.